The van der Waals surface area contributed by atoms with Crippen molar-refractivity contribution in [2.45, 2.75) is 44.6 Å². The van der Waals surface area contributed by atoms with Gasteiger partial charge in [0, 0.05) is 5.69 Å². The number of para-hydroxylation sites is 1. The highest BCUT2D eigenvalue weighted by Gasteiger charge is 2.39. The predicted octanol–water partition coefficient (Wildman–Crippen LogP) is 4.24. The Morgan fingerprint density at radius 1 is 0.920 bits per heavy atom. The van der Waals surface area contributed by atoms with Crippen molar-refractivity contribution in [3.05, 3.63) is 66.0 Å². The van der Waals surface area contributed by atoms with E-state index in [1.165, 1.54) is 24.8 Å². The van der Waals surface area contributed by atoms with E-state index in [1.807, 2.05) is 10.7 Å². The Kier molecular flexibility index (Phi) is 4.22. The van der Waals surface area contributed by atoms with Crippen molar-refractivity contribution in [3.8, 4) is 5.69 Å². The van der Waals surface area contributed by atoms with E-state index >= 15 is 0 Å². The monoisotopic (exact) mass is 333 g/mol. The molecule has 5 nitrogen and oxygen atoms in total. The van der Waals surface area contributed by atoms with Crippen molar-refractivity contribution in [2.75, 3.05) is 5.32 Å². The zero-order valence-corrected chi connectivity index (χ0v) is 14.5. The summed E-state index contributed by atoms with van der Waals surface area (Å²) in [6.07, 6.45) is 5.70. The van der Waals surface area contributed by atoms with Gasteiger partial charge in [0.25, 0.3) is 0 Å². The minimum absolute atomic E-state index is 0.228. The zero-order valence-electron chi connectivity index (χ0n) is 14.5. The number of nitrogens with zero attached hydrogens (tertiary/aromatic N) is 4. The molecule has 0 saturated heterocycles. The van der Waals surface area contributed by atoms with Crippen LogP contribution in [0, 0.1) is 6.92 Å². The number of aryl methyl sites for hydroxylation is 1. The number of tetrazole rings is 1. The van der Waals surface area contributed by atoms with Crippen molar-refractivity contribution in [3.63, 3.8) is 0 Å². The molecule has 5 heteroatoms. The normalized spacial score (nSPS) is 16.5. The number of nitrogens with one attached hydrogen (secondary N) is 1. The van der Waals surface area contributed by atoms with E-state index < -0.39 is 0 Å². The molecule has 0 atom stereocenters. The van der Waals surface area contributed by atoms with Gasteiger partial charge in [-0.3, -0.25) is 0 Å². The van der Waals surface area contributed by atoms with Crippen molar-refractivity contribution >= 4 is 5.69 Å². The Morgan fingerprint density at radius 3 is 2.36 bits per heavy atom. The lowest BCUT2D eigenvalue weighted by molar-refractivity contribution is 0.309. The first-order valence-electron chi connectivity index (χ1n) is 8.96. The molecule has 1 fully saturated rings. The Morgan fingerprint density at radius 2 is 1.64 bits per heavy atom. The molecule has 3 aromatic rings. The molecule has 1 saturated carbocycles. The highest BCUT2D eigenvalue weighted by molar-refractivity contribution is 5.47. The summed E-state index contributed by atoms with van der Waals surface area (Å²) in [7, 11) is 0. The fourth-order valence-corrected chi connectivity index (χ4v) is 3.70. The number of benzene rings is 2. The summed E-state index contributed by atoms with van der Waals surface area (Å²) in [5.41, 5.74) is 3.12. The van der Waals surface area contributed by atoms with Gasteiger partial charge in [0.2, 0.25) is 0 Å². The summed E-state index contributed by atoms with van der Waals surface area (Å²) >= 11 is 0. The van der Waals surface area contributed by atoms with Gasteiger partial charge >= 0.3 is 0 Å². The molecular formula is C20H23N5. The maximum absolute atomic E-state index is 4.45. The minimum Gasteiger partial charge on any atom is -0.373 e. The standard InChI is InChI=1S/C20H23N5/c1-16-10-12-18(13-11-16)25-19(22-23-24-25)20(14-6-3-7-15-20)21-17-8-4-2-5-9-17/h2,4-5,8-13,21H,3,6-7,14-15H2,1H3. The Hall–Kier alpha value is -2.69. The molecule has 0 spiro atoms. The Labute approximate surface area is 148 Å². The fraction of sp³-hybridized carbons (Fsp3) is 0.350. The lowest BCUT2D eigenvalue weighted by Gasteiger charge is -2.37. The van der Waals surface area contributed by atoms with Gasteiger partial charge in [0.15, 0.2) is 5.82 Å². The second-order valence-electron chi connectivity index (χ2n) is 6.88. The first-order valence-corrected chi connectivity index (χ1v) is 8.96. The molecule has 1 aromatic heterocycles. The van der Waals surface area contributed by atoms with Gasteiger partial charge in [-0.25, -0.2) is 0 Å². The molecule has 1 heterocycles. The first kappa shape index (κ1) is 15.8. The molecule has 0 unspecified atom stereocenters. The number of hydrogen-bond donors (Lipinski definition) is 1. The summed E-state index contributed by atoms with van der Waals surface area (Å²) in [4.78, 5) is 0. The van der Waals surface area contributed by atoms with Crippen molar-refractivity contribution in [1.82, 2.24) is 20.2 Å². The summed E-state index contributed by atoms with van der Waals surface area (Å²) in [5.74, 6) is 0.903. The summed E-state index contributed by atoms with van der Waals surface area (Å²) in [6.45, 7) is 2.09. The maximum Gasteiger partial charge on any atom is 0.181 e. The maximum atomic E-state index is 4.45. The van der Waals surface area contributed by atoms with Gasteiger partial charge in [-0.15, -0.1) is 5.10 Å². The highest BCUT2D eigenvalue weighted by atomic mass is 15.6. The molecule has 2 aromatic carbocycles. The molecule has 1 N–H and O–H groups in total. The Balaban J connectivity index is 1.76. The van der Waals surface area contributed by atoms with Gasteiger partial charge in [-0.05, 0) is 54.5 Å². The fourth-order valence-electron chi connectivity index (χ4n) is 3.70. The Bertz CT molecular complexity index is 817. The van der Waals surface area contributed by atoms with Crippen LogP contribution in [-0.4, -0.2) is 20.2 Å². The number of anilines is 1. The third kappa shape index (κ3) is 3.14. The van der Waals surface area contributed by atoms with Crippen molar-refractivity contribution < 1.29 is 0 Å². The second-order valence-corrected chi connectivity index (χ2v) is 6.88. The van der Waals surface area contributed by atoms with Gasteiger partial charge < -0.3 is 5.32 Å². The van der Waals surface area contributed by atoms with E-state index in [2.05, 4.69) is 76.3 Å². The average Bonchev–Trinajstić information content (AvgIpc) is 3.14. The molecule has 4 rings (SSSR count). The van der Waals surface area contributed by atoms with Crippen molar-refractivity contribution in [1.29, 1.82) is 0 Å². The zero-order chi connectivity index (χ0) is 17.1. The van der Waals surface area contributed by atoms with Crippen LogP contribution >= 0.6 is 0 Å². The largest absolute Gasteiger partial charge is 0.373 e. The van der Waals surface area contributed by atoms with E-state index in [4.69, 9.17) is 0 Å². The smallest absolute Gasteiger partial charge is 0.181 e. The van der Waals surface area contributed by atoms with Crippen LogP contribution in [0.5, 0.6) is 0 Å². The average molecular weight is 333 g/mol. The van der Waals surface area contributed by atoms with E-state index in [0.29, 0.717) is 0 Å². The SMILES string of the molecule is Cc1ccc(-n2nnnc2C2(Nc3ccccc3)CCCCC2)cc1. The topological polar surface area (TPSA) is 55.6 Å². The first-order chi connectivity index (χ1) is 12.3. The van der Waals surface area contributed by atoms with E-state index in [-0.39, 0.29) is 5.54 Å². The molecule has 25 heavy (non-hydrogen) atoms. The van der Waals surface area contributed by atoms with Crippen LogP contribution in [-0.2, 0) is 5.54 Å². The van der Waals surface area contributed by atoms with Crippen LogP contribution < -0.4 is 5.32 Å². The minimum atomic E-state index is -0.228. The quantitative estimate of drug-likeness (QED) is 0.776. The van der Waals surface area contributed by atoms with E-state index in [1.54, 1.807) is 0 Å². The molecule has 0 radical (unpaired) electrons. The summed E-state index contributed by atoms with van der Waals surface area (Å²) < 4.78 is 1.89. The molecule has 0 bridgehead atoms. The van der Waals surface area contributed by atoms with Crippen LogP contribution in [0.25, 0.3) is 5.69 Å². The predicted molar refractivity (Wildman–Crippen MR) is 98.7 cm³/mol. The number of hydrogen-bond acceptors (Lipinski definition) is 4. The van der Waals surface area contributed by atoms with Crippen LogP contribution in [0.15, 0.2) is 54.6 Å². The number of aromatic nitrogens is 4. The van der Waals surface area contributed by atoms with Crippen LogP contribution in [0.2, 0.25) is 0 Å². The lowest BCUT2D eigenvalue weighted by Crippen LogP contribution is -2.40. The second kappa shape index (κ2) is 6.67. The highest BCUT2D eigenvalue weighted by Crippen LogP contribution is 2.39. The molecule has 128 valence electrons. The van der Waals surface area contributed by atoms with Crippen molar-refractivity contribution in [2.24, 2.45) is 0 Å². The third-order valence-electron chi connectivity index (χ3n) is 5.04. The lowest BCUT2D eigenvalue weighted by atomic mass is 9.80. The molecule has 0 amide bonds. The van der Waals surface area contributed by atoms with Gasteiger partial charge in [-0.1, -0.05) is 55.2 Å². The van der Waals surface area contributed by atoms with Crippen LogP contribution in [0.3, 0.4) is 0 Å². The summed E-state index contributed by atoms with van der Waals surface area (Å²) in [5, 5.41) is 16.5. The molecular weight excluding hydrogens is 310 g/mol. The van der Waals surface area contributed by atoms with Crippen LogP contribution in [0.4, 0.5) is 5.69 Å². The molecule has 1 aliphatic rings. The summed E-state index contributed by atoms with van der Waals surface area (Å²) in [6, 6.07) is 18.7. The van der Waals surface area contributed by atoms with Gasteiger partial charge in [0.05, 0.1) is 11.2 Å². The van der Waals surface area contributed by atoms with E-state index in [9.17, 15) is 0 Å². The van der Waals surface area contributed by atoms with Gasteiger partial charge in [0.1, 0.15) is 0 Å². The van der Waals surface area contributed by atoms with Gasteiger partial charge in [-0.2, -0.15) is 4.68 Å². The molecule has 1 aliphatic carbocycles. The molecule has 0 aliphatic heterocycles. The van der Waals surface area contributed by atoms with Crippen LogP contribution in [0.1, 0.15) is 43.5 Å². The van der Waals surface area contributed by atoms with E-state index in [0.717, 1.165) is 30.0 Å². The third-order valence-corrected chi connectivity index (χ3v) is 5.04. The number of rotatable bonds is 4.